The van der Waals surface area contributed by atoms with Crippen LogP contribution in [0.3, 0.4) is 0 Å². The van der Waals surface area contributed by atoms with Crippen molar-refractivity contribution >= 4 is 11.6 Å². The molecule has 7 heteroatoms. The monoisotopic (exact) mass is 457 g/mol. The minimum absolute atomic E-state index is 0.273. The number of amides is 1. The van der Waals surface area contributed by atoms with E-state index in [-0.39, 0.29) is 5.91 Å². The summed E-state index contributed by atoms with van der Waals surface area (Å²) in [6.07, 6.45) is 0. The van der Waals surface area contributed by atoms with E-state index in [0.717, 1.165) is 28.1 Å². The fourth-order valence-electron chi connectivity index (χ4n) is 3.62. The first-order chi connectivity index (χ1) is 16.4. The second kappa shape index (κ2) is 9.70. The summed E-state index contributed by atoms with van der Waals surface area (Å²) in [5.74, 6) is 1.71. The number of methoxy groups -OCH3 is 3. The zero-order valence-corrected chi connectivity index (χ0v) is 19.9. The molecule has 0 atom stereocenters. The first-order valence-corrected chi connectivity index (χ1v) is 10.8. The van der Waals surface area contributed by atoms with Crippen LogP contribution in [0.1, 0.15) is 21.6 Å². The van der Waals surface area contributed by atoms with E-state index >= 15 is 0 Å². The average molecular weight is 458 g/mol. The maximum absolute atomic E-state index is 13.4. The first-order valence-electron chi connectivity index (χ1n) is 10.8. The molecule has 34 heavy (non-hydrogen) atoms. The smallest absolute Gasteiger partial charge is 0.274 e. The van der Waals surface area contributed by atoms with E-state index in [1.54, 1.807) is 38.1 Å². The Hall–Kier alpha value is -4.26. The minimum atomic E-state index is -0.273. The average Bonchev–Trinajstić information content (AvgIpc) is 3.31. The van der Waals surface area contributed by atoms with Gasteiger partial charge in [-0.1, -0.05) is 6.07 Å². The first kappa shape index (κ1) is 22.9. The highest BCUT2D eigenvalue weighted by Crippen LogP contribution is 2.34. The summed E-state index contributed by atoms with van der Waals surface area (Å²) >= 11 is 0. The molecule has 0 unspecified atom stereocenters. The van der Waals surface area contributed by atoms with Crippen LogP contribution in [0.15, 0.2) is 66.7 Å². The van der Waals surface area contributed by atoms with Gasteiger partial charge in [-0.25, -0.2) is 4.68 Å². The summed E-state index contributed by atoms with van der Waals surface area (Å²) in [5.41, 5.74) is 5.44. The van der Waals surface area contributed by atoms with Crippen LogP contribution in [0.2, 0.25) is 0 Å². The number of hydrogen-bond acceptors (Lipinski definition) is 5. The number of nitrogens with zero attached hydrogens (tertiary/aromatic N) is 2. The fourth-order valence-corrected chi connectivity index (χ4v) is 3.62. The van der Waals surface area contributed by atoms with E-state index in [0.29, 0.717) is 28.6 Å². The molecule has 0 aliphatic heterocycles. The van der Waals surface area contributed by atoms with Gasteiger partial charge in [-0.15, -0.1) is 0 Å². The predicted octanol–water partition coefficient (Wildman–Crippen LogP) is 5.43. The van der Waals surface area contributed by atoms with E-state index in [4.69, 9.17) is 19.3 Å². The highest BCUT2D eigenvalue weighted by molar-refractivity contribution is 6.04. The molecule has 0 aliphatic rings. The van der Waals surface area contributed by atoms with Crippen LogP contribution in [-0.2, 0) is 0 Å². The molecule has 0 radical (unpaired) electrons. The van der Waals surface area contributed by atoms with Crippen molar-refractivity contribution in [3.63, 3.8) is 0 Å². The summed E-state index contributed by atoms with van der Waals surface area (Å²) in [7, 11) is 4.80. The lowest BCUT2D eigenvalue weighted by Crippen LogP contribution is -2.17. The standard InChI is InChI=1S/C27H27N3O4/c1-17-6-7-19(14-18(17)2)28-27(31)25-16-24(23-13-12-22(33-4)15-26(23)34-5)29-30(25)20-8-10-21(32-3)11-9-20/h6-16H,1-5H3,(H,28,31). The van der Waals surface area contributed by atoms with Crippen molar-refractivity contribution in [3.8, 4) is 34.2 Å². The number of aromatic nitrogens is 2. The molecule has 1 heterocycles. The number of ether oxygens (including phenoxy) is 3. The lowest BCUT2D eigenvalue weighted by Gasteiger charge is -2.10. The maximum atomic E-state index is 13.4. The van der Waals surface area contributed by atoms with E-state index in [2.05, 4.69) is 5.32 Å². The van der Waals surface area contributed by atoms with Crippen molar-refractivity contribution in [2.24, 2.45) is 0 Å². The van der Waals surface area contributed by atoms with Crippen molar-refractivity contribution < 1.29 is 19.0 Å². The number of hydrogen-bond donors (Lipinski definition) is 1. The maximum Gasteiger partial charge on any atom is 0.274 e. The van der Waals surface area contributed by atoms with E-state index in [1.807, 2.05) is 68.4 Å². The van der Waals surface area contributed by atoms with Gasteiger partial charge in [0.2, 0.25) is 0 Å². The van der Waals surface area contributed by atoms with Crippen LogP contribution in [0.25, 0.3) is 16.9 Å². The Labute approximate surface area is 198 Å². The quantitative estimate of drug-likeness (QED) is 0.400. The Kier molecular flexibility index (Phi) is 6.54. The molecule has 0 saturated heterocycles. The van der Waals surface area contributed by atoms with Crippen LogP contribution in [0.4, 0.5) is 5.69 Å². The van der Waals surface area contributed by atoms with E-state index in [9.17, 15) is 4.79 Å². The molecule has 3 aromatic carbocycles. The molecule has 0 spiro atoms. The molecule has 1 aromatic heterocycles. The lowest BCUT2D eigenvalue weighted by atomic mass is 10.1. The molecule has 4 rings (SSSR count). The van der Waals surface area contributed by atoms with Crippen molar-refractivity contribution in [2.45, 2.75) is 13.8 Å². The molecular formula is C27H27N3O4. The molecule has 0 bridgehead atoms. The second-order valence-corrected chi connectivity index (χ2v) is 7.84. The fraction of sp³-hybridized carbons (Fsp3) is 0.185. The number of carbonyl (C=O) groups is 1. The molecular weight excluding hydrogens is 430 g/mol. The van der Waals surface area contributed by atoms with Gasteiger partial charge in [0.25, 0.3) is 5.91 Å². The third-order valence-electron chi connectivity index (χ3n) is 5.71. The van der Waals surface area contributed by atoms with E-state index < -0.39 is 0 Å². The second-order valence-electron chi connectivity index (χ2n) is 7.84. The number of benzene rings is 3. The van der Waals surface area contributed by atoms with Gasteiger partial charge in [-0.05, 0) is 79.6 Å². The number of rotatable bonds is 7. The normalized spacial score (nSPS) is 10.6. The molecule has 4 aromatic rings. The van der Waals surface area contributed by atoms with Gasteiger partial charge in [0.1, 0.15) is 22.9 Å². The Morgan fingerprint density at radius 2 is 1.50 bits per heavy atom. The van der Waals surface area contributed by atoms with Crippen molar-refractivity contribution in [1.82, 2.24) is 9.78 Å². The van der Waals surface area contributed by atoms with Gasteiger partial charge in [-0.3, -0.25) is 4.79 Å². The Bertz CT molecular complexity index is 1330. The van der Waals surface area contributed by atoms with E-state index in [1.165, 1.54) is 0 Å². The summed E-state index contributed by atoms with van der Waals surface area (Å²) in [6, 6.07) is 20.4. The third-order valence-corrected chi connectivity index (χ3v) is 5.71. The topological polar surface area (TPSA) is 74.6 Å². The summed E-state index contributed by atoms with van der Waals surface area (Å²) in [6.45, 7) is 4.05. The van der Waals surface area contributed by atoms with Crippen molar-refractivity contribution in [1.29, 1.82) is 0 Å². The van der Waals surface area contributed by atoms with Crippen LogP contribution >= 0.6 is 0 Å². The van der Waals surface area contributed by atoms with Gasteiger partial charge < -0.3 is 19.5 Å². The number of nitrogens with one attached hydrogen (secondary N) is 1. The number of carbonyl (C=O) groups excluding carboxylic acids is 1. The largest absolute Gasteiger partial charge is 0.497 e. The molecule has 0 fully saturated rings. The Morgan fingerprint density at radius 3 is 2.15 bits per heavy atom. The molecule has 1 N–H and O–H groups in total. The Balaban J connectivity index is 1.79. The van der Waals surface area contributed by atoms with Gasteiger partial charge in [0.15, 0.2) is 0 Å². The van der Waals surface area contributed by atoms with Gasteiger partial charge in [-0.2, -0.15) is 5.10 Å². The number of aryl methyl sites for hydroxylation is 2. The molecule has 1 amide bonds. The van der Waals surface area contributed by atoms with Crippen LogP contribution in [0, 0.1) is 13.8 Å². The van der Waals surface area contributed by atoms with Crippen molar-refractivity contribution in [3.05, 3.63) is 83.6 Å². The SMILES string of the molecule is COc1ccc(-n2nc(-c3ccc(OC)cc3OC)cc2C(=O)Nc2ccc(C)c(C)c2)cc1. The number of anilines is 1. The zero-order chi connectivity index (χ0) is 24.2. The zero-order valence-electron chi connectivity index (χ0n) is 19.9. The van der Waals surface area contributed by atoms with Crippen LogP contribution in [-0.4, -0.2) is 37.0 Å². The minimum Gasteiger partial charge on any atom is -0.497 e. The highest BCUT2D eigenvalue weighted by atomic mass is 16.5. The third kappa shape index (κ3) is 4.59. The molecule has 7 nitrogen and oxygen atoms in total. The van der Waals surface area contributed by atoms with Crippen LogP contribution < -0.4 is 19.5 Å². The van der Waals surface area contributed by atoms with Gasteiger partial charge >= 0.3 is 0 Å². The van der Waals surface area contributed by atoms with Gasteiger partial charge in [0, 0.05) is 17.3 Å². The summed E-state index contributed by atoms with van der Waals surface area (Å²) in [5, 5.41) is 7.75. The molecule has 0 aliphatic carbocycles. The Morgan fingerprint density at radius 1 is 0.794 bits per heavy atom. The predicted molar refractivity (Wildman–Crippen MR) is 133 cm³/mol. The van der Waals surface area contributed by atoms with Gasteiger partial charge in [0.05, 0.1) is 32.7 Å². The van der Waals surface area contributed by atoms with Crippen molar-refractivity contribution in [2.75, 3.05) is 26.6 Å². The lowest BCUT2D eigenvalue weighted by molar-refractivity contribution is 0.101. The summed E-state index contributed by atoms with van der Waals surface area (Å²) < 4.78 is 17.8. The van der Waals surface area contributed by atoms with Crippen LogP contribution in [0.5, 0.6) is 17.2 Å². The molecule has 0 saturated carbocycles. The summed E-state index contributed by atoms with van der Waals surface area (Å²) in [4.78, 5) is 13.4. The molecule has 174 valence electrons. The highest BCUT2D eigenvalue weighted by Gasteiger charge is 2.20.